The molecule has 1 aliphatic rings. The van der Waals surface area contributed by atoms with Crippen molar-refractivity contribution in [3.05, 3.63) is 22.4 Å². The van der Waals surface area contributed by atoms with Crippen molar-refractivity contribution < 1.29 is 9.59 Å². The number of likely N-dealkylation sites (tertiary alicyclic amines) is 1. The van der Waals surface area contributed by atoms with Crippen molar-refractivity contribution in [1.82, 2.24) is 10.2 Å². The van der Waals surface area contributed by atoms with E-state index in [1.165, 1.54) is 11.3 Å². The van der Waals surface area contributed by atoms with Crippen LogP contribution >= 0.6 is 11.3 Å². The highest BCUT2D eigenvalue weighted by Crippen LogP contribution is 2.21. The van der Waals surface area contributed by atoms with Crippen LogP contribution in [0.5, 0.6) is 0 Å². The van der Waals surface area contributed by atoms with Crippen molar-refractivity contribution in [3.63, 3.8) is 0 Å². The second-order valence-corrected chi connectivity index (χ2v) is 7.21. The SMILES string of the molecule is CC(C)(C)C(=O)N1CCC(NC(=O)c2cccs2)CC1. The van der Waals surface area contributed by atoms with E-state index >= 15 is 0 Å². The minimum Gasteiger partial charge on any atom is -0.348 e. The lowest BCUT2D eigenvalue weighted by molar-refractivity contribution is -0.140. The highest BCUT2D eigenvalue weighted by Gasteiger charge is 2.30. The lowest BCUT2D eigenvalue weighted by atomic mass is 9.93. The second-order valence-electron chi connectivity index (χ2n) is 6.27. The Morgan fingerprint density at radius 2 is 1.95 bits per heavy atom. The molecule has 110 valence electrons. The predicted molar refractivity (Wildman–Crippen MR) is 80.8 cm³/mol. The number of carbonyl (C=O) groups is 2. The maximum absolute atomic E-state index is 12.2. The van der Waals surface area contributed by atoms with Gasteiger partial charge < -0.3 is 10.2 Å². The maximum atomic E-state index is 12.2. The number of hydrogen-bond acceptors (Lipinski definition) is 3. The van der Waals surface area contributed by atoms with Gasteiger partial charge in [-0.3, -0.25) is 9.59 Å². The van der Waals surface area contributed by atoms with E-state index in [4.69, 9.17) is 0 Å². The molecule has 1 aromatic heterocycles. The summed E-state index contributed by atoms with van der Waals surface area (Å²) in [6.45, 7) is 7.29. The van der Waals surface area contributed by atoms with Gasteiger partial charge in [-0.25, -0.2) is 0 Å². The lowest BCUT2D eigenvalue weighted by Crippen LogP contribution is -2.49. The highest BCUT2D eigenvalue weighted by atomic mass is 32.1. The van der Waals surface area contributed by atoms with Gasteiger partial charge in [-0.15, -0.1) is 11.3 Å². The summed E-state index contributed by atoms with van der Waals surface area (Å²) in [5.41, 5.74) is -0.326. The van der Waals surface area contributed by atoms with Gasteiger partial charge >= 0.3 is 0 Å². The molecule has 4 nitrogen and oxygen atoms in total. The van der Waals surface area contributed by atoms with Crippen molar-refractivity contribution >= 4 is 23.2 Å². The van der Waals surface area contributed by atoms with Crippen molar-refractivity contribution in [2.75, 3.05) is 13.1 Å². The van der Waals surface area contributed by atoms with Gasteiger partial charge in [-0.05, 0) is 24.3 Å². The van der Waals surface area contributed by atoms with Gasteiger partial charge in [0.05, 0.1) is 4.88 Å². The van der Waals surface area contributed by atoms with E-state index < -0.39 is 0 Å². The van der Waals surface area contributed by atoms with Crippen LogP contribution in [0.25, 0.3) is 0 Å². The van der Waals surface area contributed by atoms with Gasteiger partial charge in [-0.1, -0.05) is 26.8 Å². The Kier molecular flexibility index (Phi) is 4.48. The number of thiophene rings is 1. The largest absolute Gasteiger partial charge is 0.348 e. The Balaban J connectivity index is 1.83. The van der Waals surface area contributed by atoms with Gasteiger partial charge in [0.15, 0.2) is 0 Å². The average molecular weight is 294 g/mol. The lowest BCUT2D eigenvalue weighted by Gasteiger charge is -2.35. The van der Waals surface area contributed by atoms with E-state index in [-0.39, 0.29) is 23.3 Å². The maximum Gasteiger partial charge on any atom is 0.261 e. The topological polar surface area (TPSA) is 49.4 Å². The fourth-order valence-corrected chi connectivity index (χ4v) is 2.99. The van der Waals surface area contributed by atoms with Crippen LogP contribution in [0, 0.1) is 5.41 Å². The third-order valence-corrected chi connectivity index (χ3v) is 4.37. The van der Waals surface area contributed by atoms with Crippen LogP contribution in [0.2, 0.25) is 0 Å². The molecule has 1 saturated heterocycles. The fourth-order valence-electron chi connectivity index (χ4n) is 2.37. The first-order chi connectivity index (χ1) is 9.38. The zero-order valence-electron chi connectivity index (χ0n) is 12.3. The third-order valence-electron chi connectivity index (χ3n) is 3.50. The predicted octanol–water partition coefficient (Wildman–Crippen LogP) is 2.52. The van der Waals surface area contributed by atoms with Gasteiger partial charge in [0.1, 0.15) is 0 Å². The first-order valence-electron chi connectivity index (χ1n) is 7.01. The zero-order chi connectivity index (χ0) is 14.8. The van der Waals surface area contributed by atoms with Crippen molar-refractivity contribution in [2.24, 2.45) is 5.41 Å². The highest BCUT2D eigenvalue weighted by molar-refractivity contribution is 7.12. The van der Waals surface area contributed by atoms with E-state index in [0.717, 1.165) is 30.8 Å². The smallest absolute Gasteiger partial charge is 0.261 e. The third kappa shape index (κ3) is 3.60. The van der Waals surface area contributed by atoms with Crippen molar-refractivity contribution in [1.29, 1.82) is 0 Å². The molecule has 1 N–H and O–H groups in total. The number of rotatable bonds is 2. The molecule has 1 aliphatic heterocycles. The molecule has 2 amide bonds. The molecule has 0 spiro atoms. The first kappa shape index (κ1) is 15.0. The Morgan fingerprint density at radius 3 is 2.45 bits per heavy atom. The average Bonchev–Trinajstić information content (AvgIpc) is 2.91. The number of piperidine rings is 1. The Hall–Kier alpha value is -1.36. The van der Waals surface area contributed by atoms with Crippen LogP contribution in [0.15, 0.2) is 17.5 Å². The van der Waals surface area contributed by atoms with Crippen molar-refractivity contribution in [3.8, 4) is 0 Å². The molecular formula is C15H22N2O2S. The molecule has 0 aliphatic carbocycles. The van der Waals surface area contributed by atoms with Gasteiger partial charge in [0, 0.05) is 24.5 Å². The molecule has 0 atom stereocenters. The Bertz CT molecular complexity index is 469. The minimum absolute atomic E-state index is 0.000554. The molecule has 2 heterocycles. The summed E-state index contributed by atoms with van der Waals surface area (Å²) in [6, 6.07) is 3.89. The molecule has 1 fully saturated rings. The zero-order valence-corrected chi connectivity index (χ0v) is 13.1. The second kappa shape index (κ2) is 5.95. The van der Waals surface area contributed by atoms with Crippen molar-refractivity contribution in [2.45, 2.75) is 39.7 Å². The van der Waals surface area contributed by atoms with E-state index in [2.05, 4.69) is 5.32 Å². The van der Waals surface area contributed by atoms with E-state index in [1.54, 1.807) is 0 Å². The normalized spacial score (nSPS) is 17.1. The fraction of sp³-hybridized carbons (Fsp3) is 0.600. The Labute approximate surface area is 124 Å². The summed E-state index contributed by atoms with van der Waals surface area (Å²) in [5.74, 6) is 0.195. The standard InChI is InChI=1S/C15H22N2O2S/c1-15(2,3)14(19)17-8-6-11(7-9-17)16-13(18)12-5-4-10-20-12/h4-5,10-11H,6-9H2,1-3H3,(H,16,18). The molecule has 0 saturated carbocycles. The number of hydrogen-bond donors (Lipinski definition) is 1. The number of nitrogens with one attached hydrogen (secondary N) is 1. The quantitative estimate of drug-likeness (QED) is 0.911. The molecule has 0 unspecified atom stereocenters. The number of amides is 2. The van der Waals surface area contributed by atoms with Crippen LogP contribution in [0.3, 0.4) is 0 Å². The molecule has 0 bridgehead atoms. The molecule has 1 aromatic rings. The summed E-state index contributed by atoms with van der Waals surface area (Å²) >= 11 is 1.45. The van der Waals surface area contributed by atoms with Crippen LogP contribution in [0.4, 0.5) is 0 Å². The molecule has 20 heavy (non-hydrogen) atoms. The van der Waals surface area contributed by atoms with Crippen LogP contribution in [0.1, 0.15) is 43.3 Å². The van der Waals surface area contributed by atoms with Gasteiger partial charge in [0.2, 0.25) is 5.91 Å². The summed E-state index contributed by atoms with van der Waals surface area (Å²) < 4.78 is 0. The molecule has 0 aromatic carbocycles. The van der Waals surface area contributed by atoms with Gasteiger partial charge in [0.25, 0.3) is 5.91 Å². The van der Waals surface area contributed by atoms with Crippen LogP contribution < -0.4 is 5.32 Å². The molecular weight excluding hydrogens is 272 g/mol. The van der Waals surface area contributed by atoms with Gasteiger partial charge in [-0.2, -0.15) is 0 Å². The number of carbonyl (C=O) groups excluding carboxylic acids is 2. The monoisotopic (exact) mass is 294 g/mol. The van der Waals surface area contributed by atoms with Crippen LogP contribution in [-0.2, 0) is 4.79 Å². The summed E-state index contributed by atoms with van der Waals surface area (Å²) in [4.78, 5) is 26.8. The van der Waals surface area contributed by atoms with E-state index in [1.807, 2.05) is 43.2 Å². The Morgan fingerprint density at radius 1 is 1.30 bits per heavy atom. The molecule has 2 rings (SSSR count). The summed E-state index contributed by atoms with van der Waals surface area (Å²) in [5, 5.41) is 4.96. The summed E-state index contributed by atoms with van der Waals surface area (Å²) in [6.07, 6.45) is 1.66. The van der Waals surface area contributed by atoms with Crippen LogP contribution in [-0.4, -0.2) is 35.8 Å². The van der Waals surface area contributed by atoms with E-state index in [9.17, 15) is 9.59 Å². The van der Waals surface area contributed by atoms with E-state index in [0.29, 0.717) is 0 Å². The number of nitrogens with zero attached hydrogens (tertiary/aromatic N) is 1. The molecule has 0 radical (unpaired) electrons. The first-order valence-corrected chi connectivity index (χ1v) is 7.89. The molecule has 5 heteroatoms. The minimum atomic E-state index is -0.326. The summed E-state index contributed by atoms with van der Waals surface area (Å²) in [7, 11) is 0.